The summed E-state index contributed by atoms with van der Waals surface area (Å²) in [5, 5.41) is 9.30. The van der Waals surface area contributed by atoms with Crippen LogP contribution in [0.3, 0.4) is 0 Å². The zero-order chi connectivity index (χ0) is 15.3. The molecule has 6 nitrogen and oxygen atoms in total. The third kappa shape index (κ3) is 7.44. The fraction of sp³-hybridized carbons (Fsp3) is 0.800. The van der Waals surface area contributed by atoms with E-state index >= 15 is 0 Å². The van der Waals surface area contributed by atoms with Gasteiger partial charge < -0.3 is 14.6 Å². The van der Waals surface area contributed by atoms with Crippen molar-refractivity contribution < 1.29 is 29.0 Å². The van der Waals surface area contributed by atoms with Crippen molar-refractivity contribution in [3.8, 4) is 0 Å². The summed E-state index contributed by atoms with van der Waals surface area (Å²) in [5.74, 6) is -2.02. The van der Waals surface area contributed by atoms with Gasteiger partial charge in [-0.1, -0.05) is 25.7 Å². The molecule has 0 radical (unpaired) electrons. The molecule has 122 valence electrons. The van der Waals surface area contributed by atoms with Gasteiger partial charge in [-0.15, -0.1) is 0 Å². The van der Waals surface area contributed by atoms with Gasteiger partial charge in [-0.3, -0.25) is 4.79 Å². The van der Waals surface area contributed by atoms with Crippen LogP contribution in [0, 0.1) is 5.92 Å². The average molecular weight is 379 g/mol. The number of carbonyl (C=O) groups excluding carboxylic acids is 2. The topological polar surface area (TPSA) is 89.9 Å². The number of hydrogen-bond acceptors (Lipinski definition) is 5. The van der Waals surface area contributed by atoms with Crippen LogP contribution in [0.1, 0.15) is 64.2 Å². The van der Waals surface area contributed by atoms with Crippen molar-refractivity contribution in [1.29, 1.82) is 0 Å². The van der Waals surface area contributed by atoms with Crippen molar-refractivity contribution >= 4 is 121 Å². The summed E-state index contributed by atoms with van der Waals surface area (Å²) in [7, 11) is 0. The molecule has 2 fully saturated rings. The van der Waals surface area contributed by atoms with E-state index in [1.165, 1.54) is 0 Å². The van der Waals surface area contributed by atoms with Crippen molar-refractivity contribution in [3.05, 3.63) is 0 Å². The van der Waals surface area contributed by atoms with E-state index in [4.69, 9.17) is 9.47 Å². The molecule has 0 bridgehead atoms. The first-order chi connectivity index (χ1) is 10.0. The fourth-order valence-corrected chi connectivity index (χ4v) is 3.17. The van der Waals surface area contributed by atoms with E-state index in [1.54, 1.807) is 0 Å². The Balaban J connectivity index is 0.00000242. The number of ether oxygens (including phenoxy) is 2. The Hall–Kier alpha value is 1.68. The molecule has 0 aromatic rings. The standard InChI is InChI=1S/C15H22O6.2K.2H/c16-12(11-7-3-1-4-8-11)20-14(19)21-15(13(17)18)9-5-2-6-10-15;;;;/h11H,1-10H2,(H,17,18);;;;. The van der Waals surface area contributed by atoms with Crippen LogP contribution < -0.4 is 0 Å². The van der Waals surface area contributed by atoms with Gasteiger partial charge in [-0.05, 0) is 38.5 Å². The van der Waals surface area contributed by atoms with Gasteiger partial charge >= 0.3 is 121 Å². The average Bonchev–Trinajstić information content (AvgIpc) is 2.48. The molecule has 0 unspecified atom stereocenters. The predicted molar refractivity (Wildman–Crippen MR) is 86.9 cm³/mol. The van der Waals surface area contributed by atoms with Crippen LogP contribution in [0.5, 0.6) is 0 Å². The molecular weight excluding hydrogens is 354 g/mol. The van der Waals surface area contributed by atoms with Gasteiger partial charge in [0.1, 0.15) is 0 Å². The second-order valence-corrected chi connectivity index (χ2v) is 5.97. The van der Waals surface area contributed by atoms with Gasteiger partial charge in [0, 0.05) is 0 Å². The third-order valence-corrected chi connectivity index (χ3v) is 4.45. The van der Waals surface area contributed by atoms with Crippen LogP contribution in [-0.2, 0) is 19.1 Å². The van der Waals surface area contributed by atoms with Crippen molar-refractivity contribution in [3.63, 3.8) is 0 Å². The number of esters is 1. The van der Waals surface area contributed by atoms with Crippen molar-refractivity contribution in [2.45, 2.75) is 69.8 Å². The second-order valence-electron chi connectivity index (χ2n) is 5.97. The SMILES string of the molecule is O=C(OC(=O)C1CCCCC1)OC1(C(=O)O)CCCCC1.[KH].[KH]. The summed E-state index contributed by atoms with van der Waals surface area (Å²) in [6, 6.07) is 0. The van der Waals surface area contributed by atoms with Gasteiger partial charge in [0.05, 0.1) is 5.92 Å². The van der Waals surface area contributed by atoms with E-state index in [0.29, 0.717) is 12.8 Å². The van der Waals surface area contributed by atoms with E-state index in [-0.39, 0.29) is 122 Å². The van der Waals surface area contributed by atoms with Crippen LogP contribution in [0.25, 0.3) is 0 Å². The monoisotopic (exact) mass is 378 g/mol. The predicted octanol–water partition coefficient (Wildman–Crippen LogP) is 1.74. The number of hydrogen-bond donors (Lipinski definition) is 1. The molecule has 0 atom stereocenters. The fourth-order valence-electron chi connectivity index (χ4n) is 3.17. The summed E-state index contributed by atoms with van der Waals surface area (Å²) in [6.07, 6.45) is 6.12. The number of carbonyl (C=O) groups is 3. The molecule has 0 amide bonds. The summed E-state index contributed by atoms with van der Waals surface area (Å²) in [6.45, 7) is 0. The second kappa shape index (κ2) is 12.1. The van der Waals surface area contributed by atoms with Crippen LogP contribution in [-0.4, -0.2) is 132 Å². The van der Waals surface area contributed by atoms with Crippen LogP contribution in [0.15, 0.2) is 0 Å². The van der Waals surface area contributed by atoms with E-state index in [1.807, 2.05) is 0 Å². The Morgan fingerprint density at radius 3 is 1.91 bits per heavy atom. The minimum absolute atomic E-state index is 0. The summed E-state index contributed by atoms with van der Waals surface area (Å²) in [5.41, 5.74) is -1.53. The van der Waals surface area contributed by atoms with E-state index < -0.39 is 23.7 Å². The molecule has 2 aliphatic rings. The molecule has 2 rings (SSSR count). The Morgan fingerprint density at radius 1 is 0.870 bits per heavy atom. The first-order valence-electron chi connectivity index (χ1n) is 7.71. The molecule has 0 aromatic carbocycles. The number of aliphatic carboxylic acids is 1. The maximum atomic E-state index is 11.9. The molecule has 2 saturated carbocycles. The Labute approximate surface area is 221 Å². The Kier molecular flexibility index (Phi) is 13.0. The Bertz CT molecular complexity index is 414. The van der Waals surface area contributed by atoms with Crippen molar-refractivity contribution in [2.24, 2.45) is 5.92 Å². The molecule has 23 heavy (non-hydrogen) atoms. The molecular formula is C15H24K2O6. The normalized spacial score (nSPS) is 20.3. The zero-order valence-corrected chi connectivity index (χ0v) is 12.1. The van der Waals surface area contributed by atoms with Crippen LogP contribution in [0.2, 0.25) is 0 Å². The quantitative estimate of drug-likeness (QED) is 0.457. The molecule has 8 heteroatoms. The maximum absolute atomic E-state index is 11.9. The first-order valence-corrected chi connectivity index (χ1v) is 7.71. The van der Waals surface area contributed by atoms with Gasteiger partial charge in [0.2, 0.25) is 5.60 Å². The summed E-state index contributed by atoms with van der Waals surface area (Å²) < 4.78 is 9.72. The zero-order valence-electron chi connectivity index (χ0n) is 12.1. The van der Waals surface area contributed by atoms with Gasteiger partial charge in [0.15, 0.2) is 0 Å². The van der Waals surface area contributed by atoms with Gasteiger partial charge in [-0.25, -0.2) is 9.59 Å². The number of carboxylic acid groups (broad SMARTS) is 1. The van der Waals surface area contributed by atoms with Crippen molar-refractivity contribution in [2.75, 3.05) is 0 Å². The molecule has 0 heterocycles. The molecule has 0 saturated heterocycles. The number of rotatable bonds is 3. The molecule has 0 spiro atoms. The summed E-state index contributed by atoms with van der Waals surface area (Å²) >= 11 is 0. The molecule has 2 aliphatic carbocycles. The van der Waals surface area contributed by atoms with Gasteiger partial charge in [0.25, 0.3) is 0 Å². The van der Waals surface area contributed by atoms with Crippen LogP contribution in [0.4, 0.5) is 4.79 Å². The summed E-state index contributed by atoms with van der Waals surface area (Å²) in [4.78, 5) is 35.0. The van der Waals surface area contributed by atoms with Crippen LogP contribution >= 0.6 is 0 Å². The van der Waals surface area contributed by atoms with E-state index in [0.717, 1.165) is 38.5 Å². The third-order valence-electron chi connectivity index (χ3n) is 4.45. The van der Waals surface area contributed by atoms with E-state index in [2.05, 4.69) is 0 Å². The van der Waals surface area contributed by atoms with Crippen molar-refractivity contribution in [1.82, 2.24) is 0 Å². The number of carboxylic acids is 1. The van der Waals surface area contributed by atoms with E-state index in [9.17, 15) is 19.5 Å². The first kappa shape index (κ1) is 24.7. The molecule has 1 N–H and O–H groups in total. The molecule has 0 aromatic heterocycles. The molecule has 0 aliphatic heterocycles. The van der Waals surface area contributed by atoms with Gasteiger partial charge in [-0.2, -0.15) is 0 Å². The minimum atomic E-state index is -1.53. The Morgan fingerprint density at radius 2 is 1.39 bits per heavy atom.